The van der Waals surface area contributed by atoms with Gasteiger partial charge in [0.25, 0.3) is 0 Å². The van der Waals surface area contributed by atoms with E-state index in [1.54, 1.807) is 0 Å². The molecule has 1 aromatic carbocycles. The maximum absolute atomic E-state index is 13.1. The number of carbonyl (C=O) groups excluding carboxylic acids is 1. The Labute approximate surface area is 162 Å². The average Bonchev–Trinajstić information content (AvgIpc) is 3.18. The van der Waals surface area contributed by atoms with Crippen LogP contribution in [-0.2, 0) is 16.0 Å². The first-order valence-electron chi connectivity index (χ1n) is 10.1. The second kappa shape index (κ2) is 7.87. The van der Waals surface area contributed by atoms with Crippen molar-refractivity contribution >= 4 is 11.9 Å². The number of hydrogen-bond acceptors (Lipinski definition) is 2. The molecule has 2 N–H and O–H groups in total. The summed E-state index contributed by atoms with van der Waals surface area (Å²) in [5.74, 6) is -1.88. The van der Waals surface area contributed by atoms with Crippen LogP contribution in [0.25, 0.3) is 0 Å². The van der Waals surface area contributed by atoms with Crippen LogP contribution in [0.4, 0.5) is 0 Å². The average molecular weight is 370 g/mol. The third-order valence-electron chi connectivity index (χ3n) is 6.38. The van der Waals surface area contributed by atoms with Crippen molar-refractivity contribution in [3.05, 3.63) is 46.5 Å². The highest BCUT2D eigenvalue weighted by atomic mass is 16.4. The van der Waals surface area contributed by atoms with Gasteiger partial charge in [0, 0.05) is 0 Å². The van der Waals surface area contributed by atoms with E-state index in [9.17, 15) is 14.7 Å². The second-order valence-electron chi connectivity index (χ2n) is 8.36. The molecule has 1 amide bonds. The lowest BCUT2D eigenvalue weighted by molar-refractivity contribution is -0.149. The smallest absolute Gasteiger partial charge is 0.307 e. The van der Waals surface area contributed by atoms with Crippen molar-refractivity contribution in [3.63, 3.8) is 0 Å². The number of carbonyl (C=O) groups is 2. The summed E-state index contributed by atoms with van der Waals surface area (Å²) in [6.45, 7) is 8.21. The highest BCUT2D eigenvalue weighted by Gasteiger charge is 2.57. The van der Waals surface area contributed by atoms with Crippen molar-refractivity contribution in [2.45, 2.75) is 59.4 Å². The Bertz CT molecular complexity index is 745. The largest absolute Gasteiger partial charge is 0.481 e. The van der Waals surface area contributed by atoms with E-state index in [2.05, 4.69) is 36.5 Å². The Morgan fingerprint density at radius 3 is 2.22 bits per heavy atom. The van der Waals surface area contributed by atoms with Gasteiger partial charge >= 0.3 is 5.97 Å². The monoisotopic (exact) mass is 369 g/mol. The van der Waals surface area contributed by atoms with Crippen molar-refractivity contribution in [3.8, 4) is 0 Å². The molecule has 0 aliphatic heterocycles. The Morgan fingerprint density at radius 2 is 1.70 bits per heavy atom. The van der Waals surface area contributed by atoms with Gasteiger partial charge in [-0.1, -0.05) is 48.8 Å². The second-order valence-corrected chi connectivity index (χ2v) is 8.36. The summed E-state index contributed by atoms with van der Waals surface area (Å²) < 4.78 is 0. The van der Waals surface area contributed by atoms with E-state index in [4.69, 9.17) is 0 Å². The Kier molecular flexibility index (Phi) is 5.73. The van der Waals surface area contributed by atoms with Crippen LogP contribution in [0.2, 0.25) is 0 Å². The molecule has 5 atom stereocenters. The summed E-state index contributed by atoms with van der Waals surface area (Å²) >= 11 is 0. The lowest BCUT2D eigenvalue weighted by Crippen LogP contribution is -2.42. The van der Waals surface area contributed by atoms with Gasteiger partial charge in [-0.05, 0) is 63.0 Å². The first-order valence-corrected chi connectivity index (χ1v) is 10.1. The molecular weight excluding hydrogens is 338 g/mol. The number of fused-ring (bicyclic) bond motifs is 2. The number of benzene rings is 1. The number of nitrogens with one attached hydrogen (secondary N) is 1. The molecule has 2 aliphatic carbocycles. The van der Waals surface area contributed by atoms with Crippen LogP contribution in [0.1, 0.15) is 64.1 Å². The number of allylic oxidation sites excluding steroid dienone is 2. The molecule has 0 heterocycles. The van der Waals surface area contributed by atoms with Crippen LogP contribution in [-0.4, -0.2) is 17.0 Å². The number of carboxylic acid groups (broad SMARTS) is 1. The summed E-state index contributed by atoms with van der Waals surface area (Å²) in [5.41, 5.74) is 4.76. The predicted molar refractivity (Wildman–Crippen MR) is 106 cm³/mol. The molecule has 2 fully saturated rings. The topological polar surface area (TPSA) is 66.4 Å². The summed E-state index contributed by atoms with van der Waals surface area (Å²) in [4.78, 5) is 25.0. The predicted octanol–water partition coefficient (Wildman–Crippen LogP) is 4.51. The van der Waals surface area contributed by atoms with Gasteiger partial charge in [0.1, 0.15) is 0 Å². The molecule has 2 aliphatic rings. The fourth-order valence-electron chi connectivity index (χ4n) is 5.26. The molecule has 27 heavy (non-hydrogen) atoms. The quantitative estimate of drug-likeness (QED) is 0.725. The number of aliphatic carboxylic acids is 1. The molecule has 5 unspecified atom stereocenters. The van der Waals surface area contributed by atoms with Gasteiger partial charge in [-0.15, -0.1) is 0 Å². The van der Waals surface area contributed by atoms with Crippen LogP contribution >= 0.6 is 0 Å². The molecular formula is C23H31NO3. The van der Waals surface area contributed by atoms with Crippen molar-refractivity contribution in [2.75, 3.05) is 0 Å². The minimum Gasteiger partial charge on any atom is -0.481 e. The molecule has 0 spiro atoms. The van der Waals surface area contributed by atoms with Gasteiger partial charge in [0.05, 0.1) is 17.9 Å². The Hall–Kier alpha value is -2.10. The van der Waals surface area contributed by atoms with E-state index in [0.717, 1.165) is 31.2 Å². The molecule has 2 saturated carbocycles. The molecule has 146 valence electrons. The standard InChI is InChI=1S/C23H31NO3/c1-5-6-15-7-9-16(10-8-15)14(4)24-22(25)20-17-11-12-18(19(17)13(2)3)21(20)23(26)27/h7-10,14,17-18,20-21H,5-6,11-12H2,1-4H3,(H,24,25)(H,26,27). The van der Waals surface area contributed by atoms with E-state index in [0.29, 0.717) is 0 Å². The number of carboxylic acids is 1. The lowest BCUT2D eigenvalue weighted by atomic mass is 9.78. The van der Waals surface area contributed by atoms with Crippen molar-refractivity contribution in [2.24, 2.45) is 23.7 Å². The van der Waals surface area contributed by atoms with Gasteiger partial charge in [0.15, 0.2) is 0 Å². The fourth-order valence-corrected chi connectivity index (χ4v) is 5.26. The van der Waals surface area contributed by atoms with E-state index in [1.165, 1.54) is 16.7 Å². The minimum absolute atomic E-state index is 0.0249. The molecule has 0 radical (unpaired) electrons. The molecule has 1 aromatic rings. The first-order chi connectivity index (χ1) is 12.8. The van der Waals surface area contributed by atoms with E-state index in [1.807, 2.05) is 20.8 Å². The van der Waals surface area contributed by atoms with Gasteiger partial charge in [-0.3, -0.25) is 9.59 Å². The third-order valence-corrected chi connectivity index (χ3v) is 6.38. The van der Waals surface area contributed by atoms with Gasteiger partial charge < -0.3 is 10.4 Å². The SMILES string of the molecule is CCCc1ccc(C(C)NC(=O)C2C3CCC(C3=C(C)C)C2C(=O)O)cc1. The number of aryl methyl sites for hydroxylation is 1. The number of rotatable bonds is 6. The Morgan fingerprint density at radius 1 is 1.11 bits per heavy atom. The zero-order chi connectivity index (χ0) is 19.7. The highest BCUT2D eigenvalue weighted by Crippen LogP contribution is 2.57. The van der Waals surface area contributed by atoms with E-state index in [-0.39, 0.29) is 23.8 Å². The summed E-state index contributed by atoms with van der Waals surface area (Å²) in [6, 6.07) is 8.22. The van der Waals surface area contributed by atoms with Crippen LogP contribution in [0, 0.1) is 23.7 Å². The number of hydrogen-bond donors (Lipinski definition) is 2. The van der Waals surface area contributed by atoms with Crippen LogP contribution < -0.4 is 5.32 Å². The van der Waals surface area contributed by atoms with Crippen LogP contribution in [0.3, 0.4) is 0 Å². The van der Waals surface area contributed by atoms with Crippen molar-refractivity contribution < 1.29 is 14.7 Å². The lowest BCUT2D eigenvalue weighted by Gasteiger charge is -2.28. The number of amides is 1. The van der Waals surface area contributed by atoms with Gasteiger partial charge in [-0.25, -0.2) is 0 Å². The van der Waals surface area contributed by atoms with Crippen molar-refractivity contribution in [1.29, 1.82) is 0 Å². The third kappa shape index (κ3) is 3.67. The molecule has 3 rings (SSSR count). The van der Waals surface area contributed by atoms with E-state index >= 15 is 0 Å². The maximum Gasteiger partial charge on any atom is 0.307 e. The zero-order valence-corrected chi connectivity index (χ0v) is 16.8. The molecule has 4 nitrogen and oxygen atoms in total. The fraction of sp³-hybridized carbons (Fsp3) is 0.565. The van der Waals surface area contributed by atoms with Gasteiger partial charge in [0.2, 0.25) is 5.91 Å². The zero-order valence-electron chi connectivity index (χ0n) is 16.8. The van der Waals surface area contributed by atoms with Crippen molar-refractivity contribution in [1.82, 2.24) is 5.32 Å². The maximum atomic E-state index is 13.1. The minimum atomic E-state index is -0.835. The molecule has 0 aromatic heterocycles. The molecule has 2 bridgehead atoms. The molecule has 0 saturated heterocycles. The summed E-state index contributed by atoms with van der Waals surface area (Å²) in [5, 5.41) is 12.9. The van der Waals surface area contributed by atoms with Gasteiger partial charge in [-0.2, -0.15) is 0 Å². The molecule has 4 heteroatoms. The highest BCUT2D eigenvalue weighted by molar-refractivity contribution is 5.87. The van der Waals surface area contributed by atoms with E-state index < -0.39 is 17.8 Å². The Balaban J connectivity index is 1.76. The van der Waals surface area contributed by atoms with Crippen LogP contribution in [0.5, 0.6) is 0 Å². The normalized spacial score (nSPS) is 27.5. The summed E-state index contributed by atoms with van der Waals surface area (Å²) in [6.07, 6.45) is 3.98. The first kappa shape index (κ1) is 19.7. The van der Waals surface area contributed by atoms with Crippen LogP contribution in [0.15, 0.2) is 35.4 Å². The summed E-state index contributed by atoms with van der Waals surface area (Å²) in [7, 11) is 0.